The van der Waals surface area contributed by atoms with Crippen LogP contribution >= 0.6 is 0 Å². The van der Waals surface area contributed by atoms with E-state index >= 15 is 0 Å². The van der Waals surface area contributed by atoms with Gasteiger partial charge in [-0.05, 0) is 24.6 Å². The van der Waals surface area contributed by atoms with Crippen molar-refractivity contribution in [2.45, 2.75) is 6.42 Å². The molecule has 1 aromatic carbocycles. The molecule has 2 heterocycles. The third-order valence-electron chi connectivity index (χ3n) is 4.63. The number of nitrogens with one attached hydrogen (secondary N) is 1. The lowest BCUT2D eigenvalue weighted by Gasteiger charge is -2.37. The summed E-state index contributed by atoms with van der Waals surface area (Å²) < 4.78 is 18.9. The zero-order chi connectivity index (χ0) is 19.1. The maximum atomic E-state index is 14.0. The summed E-state index contributed by atoms with van der Waals surface area (Å²) in [4.78, 5) is 20.7. The van der Waals surface area contributed by atoms with Crippen molar-refractivity contribution in [2.24, 2.45) is 0 Å². The fourth-order valence-corrected chi connectivity index (χ4v) is 3.16. The molecule has 1 aliphatic heterocycles. The summed E-state index contributed by atoms with van der Waals surface area (Å²) in [6.45, 7) is 4.11. The molecule has 0 atom stereocenters. The van der Waals surface area contributed by atoms with Gasteiger partial charge in [-0.15, -0.1) is 0 Å². The Bertz CT molecular complexity index is 763. The number of benzene rings is 1. The lowest BCUT2D eigenvalue weighted by atomic mass is 10.2. The van der Waals surface area contributed by atoms with Crippen molar-refractivity contribution in [2.75, 3.05) is 56.2 Å². The van der Waals surface area contributed by atoms with Gasteiger partial charge in [0, 0.05) is 52.6 Å². The molecule has 0 spiro atoms. The van der Waals surface area contributed by atoms with E-state index in [1.807, 2.05) is 17.0 Å². The van der Waals surface area contributed by atoms with Crippen LogP contribution in [0.5, 0.6) is 0 Å². The molecule has 7 heteroatoms. The van der Waals surface area contributed by atoms with Gasteiger partial charge in [0.1, 0.15) is 5.82 Å². The van der Waals surface area contributed by atoms with Crippen LogP contribution in [0.3, 0.4) is 0 Å². The Kier molecular flexibility index (Phi) is 6.59. The average Bonchev–Trinajstić information content (AvgIpc) is 2.72. The number of halogens is 1. The Labute approximate surface area is 158 Å². The second-order valence-electron chi connectivity index (χ2n) is 6.46. The van der Waals surface area contributed by atoms with Crippen LogP contribution in [0.1, 0.15) is 16.8 Å². The lowest BCUT2D eigenvalue weighted by Crippen LogP contribution is -2.47. The fourth-order valence-electron chi connectivity index (χ4n) is 3.16. The van der Waals surface area contributed by atoms with Gasteiger partial charge < -0.3 is 19.9 Å². The molecule has 1 N–H and O–H groups in total. The van der Waals surface area contributed by atoms with E-state index in [-0.39, 0.29) is 11.7 Å². The number of rotatable bonds is 7. The minimum absolute atomic E-state index is 0.134. The molecule has 1 aliphatic rings. The van der Waals surface area contributed by atoms with Gasteiger partial charge in [-0.3, -0.25) is 9.78 Å². The minimum Gasteiger partial charge on any atom is -0.385 e. The largest absolute Gasteiger partial charge is 0.385 e. The first kappa shape index (κ1) is 19.1. The molecule has 0 radical (unpaired) electrons. The Hall–Kier alpha value is -2.67. The molecule has 27 heavy (non-hydrogen) atoms. The molecule has 144 valence electrons. The Morgan fingerprint density at radius 1 is 1.19 bits per heavy atom. The number of carbonyl (C=O) groups is 1. The second-order valence-corrected chi connectivity index (χ2v) is 6.46. The van der Waals surface area contributed by atoms with Crippen molar-refractivity contribution in [1.29, 1.82) is 0 Å². The SMILES string of the molecule is COCCCNC(=O)c1cncc(N2CCN(c3ccccc3F)CC2)c1. The topological polar surface area (TPSA) is 57.7 Å². The van der Waals surface area contributed by atoms with Gasteiger partial charge in [0.2, 0.25) is 0 Å². The van der Waals surface area contributed by atoms with E-state index in [2.05, 4.69) is 15.2 Å². The van der Waals surface area contributed by atoms with Gasteiger partial charge in [0.15, 0.2) is 0 Å². The standard InChI is InChI=1S/C20H25FN4O2/c1-27-12-4-7-23-20(26)16-13-17(15-22-14-16)24-8-10-25(11-9-24)19-6-3-2-5-18(19)21/h2-3,5-6,13-15H,4,7-12H2,1H3,(H,23,26). The molecule has 1 saturated heterocycles. The van der Waals surface area contributed by atoms with Gasteiger partial charge >= 0.3 is 0 Å². The number of pyridine rings is 1. The number of amides is 1. The number of methoxy groups -OCH3 is 1. The molecule has 0 saturated carbocycles. The number of aromatic nitrogens is 1. The summed E-state index contributed by atoms with van der Waals surface area (Å²) >= 11 is 0. The fraction of sp³-hybridized carbons (Fsp3) is 0.400. The lowest BCUT2D eigenvalue weighted by molar-refractivity contribution is 0.0948. The van der Waals surface area contributed by atoms with Crippen LogP contribution < -0.4 is 15.1 Å². The molecular weight excluding hydrogens is 347 g/mol. The van der Waals surface area contributed by atoms with E-state index in [9.17, 15) is 9.18 Å². The summed E-state index contributed by atoms with van der Waals surface area (Å²) in [5, 5.41) is 2.87. The molecule has 0 unspecified atom stereocenters. The number of para-hydroxylation sites is 1. The Balaban J connectivity index is 1.58. The average molecular weight is 372 g/mol. The van der Waals surface area contributed by atoms with Crippen molar-refractivity contribution in [1.82, 2.24) is 10.3 Å². The summed E-state index contributed by atoms with van der Waals surface area (Å²) in [5.74, 6) is -0.329. The zero-order valence-corrected chi connectivity index (χ0v) is 15.5. The van der Waals surface area contributed by atoms with Gasteiger partial charge in [0.05, 0.1) is 23.1 Å². The summed E-state index contributed by atoms with van der Waals surface area (Å²) in [7, 11) is 1.64. The number of hydrogen-bond donors (Lipinski definition) is 1. The highest BCUT2D eigenvalue weighted by Gasteiger charge is 2.20. The Morgan fingerprint density at radius 3 is 2.67 bits per heavy atom. The van der Waals surface area contributed by atoms with Gasteiger partial charge in [-0.1, -0.05) is 12.1 Å². The van der Waals surface area contributed by atoms with Gasteiger partial charge in [0.25, 0.3) is 5.91 Å². The third-order valence-corrected chi connectivity index (χ3v) is 4.63. The number of anilines is 2. The maximum absolute atomic E-state index is 14.0. The molecule has 3 rings (SSSR count). The number of hydrogen-bond acceptors (Lipinski definition) is 5. The van der Waals surface area contributed by atoms with Gasteiger partial charge in [-0.25, -0.2) is 4.39 Å². The normalized spacial score (nSPS) is 14.3. The number of piperazine rings is 1. The smallest absolute Gasteiger partial charge is 0.252 e. The van der Waals surface area contributed by atoms with Gasteiger partial charge in [-0.2, -0.15) is 0 Å². The van der Waals surface area contributed by atoms with E-state index in [1.165, 1.54) is 6.07 Å². The number of nitrogens with zero attached hydrogens (tertiary/aromatic N) is 3. The highest BCUT2D eigenvalue weighted by atomic mass is 19.1. The zero-order valence-electron chi connectivity index (χ0n) is 15.5. The van der Waals surface area contributed by atoms with Crippen LogP contribution in [0.15, 0.2) is 42.7 Å². The van der Waals surface area contributed by atoms with Crippen LogP contribution in [-0.4, -0.2) is 57.3 Å². The predicted molar refractivity (Wildman–Crippen MR) is 104 cm³/mol. The van der Waals surface area contributed by atoms with Crippen LogP contribution in [0.4, 0.5) is 15.8 Å². The van der Waals surface area contributed by atoms with E-state index in [0.717, 1.165) is 25.2 Å². The minimum atomic E-state index is -0.195. The second kappa shape index (κ2) is 9.32. The van der Waals surface area contributed by atoms with Crippen molar-refractivity contribution < 1.29 is 13.9 Å². The van der Waals surface area contributed by atoms with Crippen LogP contribution in [0.2, 0.25) is 0 Å². The number of ether oxygens (including phenoxy) is 1. The first-order chi connectivity index (χ1) is 13.2. The van der Waals surface area contributed by atoms with E-state index in [1.54, 1.807) is 31.6 Å². The summed E-state index contributed by atoms with van der Waals surface area (Å²) in [6, 6.07) is 8.70. The summed E-state index contributed by atoms with van der Waals surface area (Å²) in [6.07, 6.45) is 4.11. The molecule has 0 aliphatic carbocycles. The quantitative estimate of drug-likeness (QED) is 0.756. The predicted octanol–water partition coefficient (Wildman–Crippen LogP) is 2.31. The van der Waals surface area contributed by atoms with Crippen molar-refractivity contribution >= 4 is 17.3 Å². The van der Waals surface area contributed by atoms with E-state index in [4.69, 9.17) is 4.74 Å². The highest BCUT2D eigenvalue weighted by molar-refractivity contribution is 5.94. The monoisotopic (exact) mass is 372 g/mol. The van der Waals surface area contributed by atoms with Crippen LogP contribution in [0, 0.1) is 5.82 Å². The maximum Gasteiger partial charge on any atom is 0.252 e. The van der Waals surface area contributed by atoms with E-state index in [0.29, 0.717) is 37.5 Å². The molecule has 2 aromatic rings. The van der Waals surface area contributed by atoms with Crippen LogP contribution in [0.25, 0.3) is 0 Å². The molecular formula is C20H25FN4O2. The van der Waals surface area contributed by atoms with Crippen molar-refractivity contribution in [3.05, 3.63) is 54.1 Å². The third kappa shape index (κ3) is 4.95. The Morgan fingerprint density at radius 2 is 1.93 bits per heavy atom. The summed E-state index contributed by atoms with van der Waals surface area (Å²) in [5.41, 5.74) is 2.09. The van der Waals surface area contributed by atoms with Crippen molar-refractivity contribution in [3.63, 3.8) is 0 Å². The molecule has 1 amide bonds. The number of carbonyl (C=O) groups excluding carboxylic acids is 1. The molecule has 1 fully saturated rings. The van der Waals surface area contributed by atoms with Crippen LogP contribution in [-0.2, 0) is 4.74 Å². The molecule has 6 nitrogen and oxygen atoms in total. The highest BCUT2D eigenvalue weighted by Crippen LogP contribution is 2.23. The molecule has 1 aromatic heterocycles. The van der Waals surface area contributed by atoms with Crippen molar-refractivity contribution in [3.8, 4) is 0 Å². The van der Waals surface area contributed by atoms with E-state index < -0.39 is 0 Å². The first-order valence-electron chi connectivity index (χ1n) is 9.15. The molecule has 0 bridgehead atoms. The first-order valence-corrected chi connectivity index (χ1v) is 9.15.